The van der Waals surface area contributed by atoms with E-state index in [4.69, 9.17) is 16.2 Å². The Bertz CT molecular complexity index is 772. The summed E-state index contributed by atoms with van der Waals surface area (Å²) < 4.78 is 5.81. The number of carbonyl (C=O) groups is 2. The molecule has 0 saturated heterocycles. The molecule has 0 radical (unpaired) electrons. The van der Waals surface area contributed by atoms with Crippen LogP contribution in [0.25, 0.3) is 0 Å². The predicted molar refractivity (Wildman–Crippen MR) is 104 cm³/mol. The normalized spacial score (nSPS) is 12.1. The van der Waals surface area contributed by atoms with Gasteiger partial charge in [0.2, 0.25) is 5.91 Å². The molecule has 0 heterocycles. The monoisotopic (exact) mass is 370 g/mol. The van der Waals surface area contributed by atoms with Crippen LogP contribution in [0.15, 0.2) is 54.6 Å². The molecule has 0 aliphatic heterocycles. The number of nitrogens with two attached hydrogens (primary N) is 2. The van der Waals surface area contributed by atoms with Gasteiger partial charge in [0.05, 0.1) is 12.5 Å². The Morgan fingerprint density at radius 1 is 1.07 bits per heavy atom. The SMILES string of the molecule is CC(C)(N)CNC(=O)CC(NC(N)=O)c1cccc(Oc2ccccc2)c1. The summed E-state index contributed by atoms with van der Waals surface area (Å²) in [6.45, 7) is 3.96. The molecule has 2 rings (SSSR count). The van der Waals surface area contributed by atoms with Crippen molar-refractivity contribution >= 4 is 11.9 Å². The zero-order chi connectivity index (χ0) is 19.9. The third kappa shape index (κ3) is 7.37. The van der Waals surface area contributed by atoms with E-state index in [0.717, 1.165) is 0 Å². The standard InChI is InChI=1S/C20H26N4O3/c1-20(2,22)13-23-18(25)12-17(24-19(21)26)14-7-6-10-16(11-14)27-15-8-4-3-5-9-15/h3-11,17H,12-13,22H2,1-2H3,(H,23,25)(H3,21,24,26). The molecule has 0 fully saturated rings. The van der Waals surface area contributed by atoms with Crippen molar-refractivity contribution in [3.8, 4) is 11.5 Å². The van der Waals surface area contributed by atoms with Gasteiger partial charge in [-0.2, -0.15) is 0 Å². The Balaban J connectivity index is 2.12. The summed E-state index contributed by atoms with van der Waals surface area (Å²) in [7, 11) is 0. The molecule has 6 N–H and O–H groups in total. The third-order valence-corrected chi connectivity index (χ3v) is 3.69. The van der Waals surface area contributed by atoms with Crippen LogP contribution >= 0.6 is 0 Å². The van der Waals surface area contributed by atoms with E-state index in [1.54, 1.807) is 24.3 Å². The largest absolute Gasteiger partial charge is 0.457 e. The van der Waals surface area contributed by atoms with E-state index < -0.39 is 17.6 Å². The Hall–Kier alpha value is -3.06. The van der Waals surface area contributed by atoms with Gasteiger partial charge in [0.25, 0.3) is 0 Å². The minimum Gasteiger partial charge on any atom is -0.457 e. The second kappa shape index (κ2) is 9.05. The fraction of sp³-hybridized carbons (Fsp3) is 0.300. The Morgan fingerprint density at radius 3 is 2.37 bits per heavy atom. The van der Waals surface area contributed by atoms with E-state index in [1.165, 1.54) is 0 Å². The van der Waals surface area contributed by atoms with E-state index in [0.29, 0.717) is 23.6 Å². The summed E-state index contributed by atoms with van der Waals surface area (Å²) in [6.07, 6.45) is 0.0355. The number of nitrogens with one attached hydrogen (secondary N) is 2. The van der Waals surface area contributed by atoms with Crippen molar-refractivity contribution in [3.63, 3.8) is 0 Å². The van der Waals surface area contributed by atoms with Gasteiger partial charge in [0.15, 0.2) is 0 Å². The number of para-hydroxylation sites is 1. The first-order valence-corrected chi connectivity index (χ1v) is 8.67. The van der Waals surface area contributed by atoms with Crippen LogP contribution in [0.2, 0.25) is 0 Å². The summed E-state index contributed by atoms with van der Waals surface area (Å²) in [5, 5.41) is 5.37. The first kappa shape index (κ1) is 20.3. The number of benzene rings is 2. The van der Waals surface area contributed by atoms with Crippen LogP contribution in [0.4, 0.5) is 4.79 Å². The fourth-order valence-corrected chi connectivity index (χ4v) is 2.43. The van der Waals surface area contributed by atoms with Crippen LogP contribution in [0.1, 0.15) is 31.9 Å². The van der Waals surface area contributed by atoms with Gasteiger partial charge >= 0.3 is 6.03 Å². The van der Waals surface area contributed by atoms with Crippen molar-refractivity contribution in [2.24, 2.45) is 11.5 Å². The topological polar surface area (TPSA) is 119 Å². The van der Waals surface area contributed by atoms with Gasteiger partial charge in [0.1, 0.15) is 11.5 Å². The number of rotatable bonds is 8. The number of primary amides is 1. The van der Waals surface area contributed by atoms with Crippen LogP contribution < -0.4 is 26.8 Å². The fourth-order valence-electron chi connectivity index (χ4n) is 2.43. The van der Waals surface area contributed by atoms with Gasteiger partial charge in [-0.15, -0.1) is 0 Å². The molecule has 7 nitrogen and oxygen atoms in total. The van der Waals surface area contributed by atoms with Crippen molar-refractivity contribution in [2.45, 2.75) is 31.8 Å². The van der Waals surface area contributed by atoms with Crippen molar-refractivity contribution in [3.05, 3.63) is 60.2 Å². The molecule has 7 heteroatoms. The van der Waals surface area contributed by atoms with E-state index in [1.807, 2.05) is 44.2 Å². The Kier molecular flexibility index (Phi) is 6.79. The van der Waals surface area contributed by atoms with Gasteiger partial charge in [0, 0.05) is 12.1 Å². The lowest BCUT2D eigenvalue weighted by atomic mass is 10.0. The zero-order valence-corrected chi connectivity index (χ0v) is 15.6. The molecule has 0 aliphatic rings. The van der Waals surface area contributed by atoms with Crippen LogP contribution in [0.5, 0.6) is 11.5 Å². The molecule has 2 aromatic rings. The second-order valence-corrected chi connectivity index (χ2v) is 7.02. The first-order valence-electron chi connectivity index (χ1n) is 8.67. The maximum atomic E-state index is 12.2. The smallest absolute Gasteiger partial charge is 0.312 e. The lowest BCUT2D eigenvalue weighted by Crippen LogP contribution is -2.46. The average molecular weight is 370 g/mol. The quantitative estimate of drug-likeness (QED) is 0.570. The molecule has 27 heavy (non-hydrogen) atoms. The van der Waals surface area contributed by atoms with Crippen LogP contribution in [0.3, 0.4) is 0 Å². The molecule has 1 unspecified atom stereocenters. The molecule has 0 spiro atoms. The lowest BCUT2D eigenvalue weighted by molar-refractivity contribution is -0.121. The lowest BCUT2D eigenvalue weighted by Gasteiger charge is -2.22. The minimum absolute atomic E-state index is 0.0355. The van der Waals surface area contributed by atoms with Crippen LogP contribution in [-0.2, 0) is 4.79 Å². The molecule has 0 saturated carbocycles. The average Bonchev–Trinajstić information content (AvgIpc) is 2.60. The first-order chi connectivity index (χ1) is 12.7. The molecular formula is C20H26N4O3. The van der Waals surface area contributed by atoms with Gasteiger partial charge in [-0.05, 0) is 43.7 Å². The number of hydrogen-bond donors (Lipinski definition) is 4. The summed E-state index contributed by atoms with van der Waals surface area (Å²) in [6, 6.07) is 15.2. The van der Waals surface area contributed by atoms with Crippen molar-refractivity contribution in [2.75, 3.05) is 6.54 Å². The highest BCUT2D eigenvalue weighted by molar-refractivity contribution is 5.78. The Morgan fingerprint density at radius 2 is 1.74 bits per heavy atom. The molecule has 2 aromatic carbocycles. The van der Waals surface area contributed by atoms with Gasteiger partial charge in [-0.3, -0.25) is 4.79 Å². The van der Waals surface area contributed by atoms with Crippen LogP contribution in [-0.4, -0.2) is 24.0 Å². The van der Waals surface area contributed by atoms with Crippen LogP contribution in [0, 0.1) is 0 Å². The van der Waals surface area contributed by atoms with Crippen molar-refractivity contribution in [1.82, 2.24) is 10.6 Å². The maximum absolute atomic E-state index is 12.2. The molecule has 0 bridgehead atoms. The molecule has 0 aromatic heterocycles. The highest BCUT2D eigenvalue weighted by atomic mass is 16.5. The number of hydrogen-bond acceptors (Lipinski definition) is 4. The molecule has 144 valence electrons. The molecule has 1 atom stereocenters. The van der Waals surface area contributed by atoms with E-state index in [-0.39, 0.29) is 12.3 Å². The highest BCUT2D eigenvalue weighted by Crippen LogP contribution is 2.25. The van der Waals surface area contributed by atoms with Gasteiger partial charge < -0.3 is 26.8 Å². The summed E-state index contributed by atoms with van der Waals surface area (Å²) in [5.74, 6) is 1.05. The predicted octanol–water partition coefficient (Wildman–Crippen LogP) is 2.43. The second-order valence-electron chi connectivity index (χ2n) is 7.02. The minimum atomic E-state index is -0.707. The summed E-state index contributed by atoms with van der Waals surface area (Å²) in [5.41, 5.74) is 11.3. The third-order valence-electron chi connectivity index (χ3n) is 3.69. The molecule has 0 aliphatic carbocycles. The summed E-state index contributed by atoms with van der Waals surface area (Å²) >= 11 is 0. The number of carbonyl (C=O) groups excluding carboxylic acids is 2. The molecule has 3 amide bonds. The Labute approximate surface area is 159 Å². The van der Waals surface area contributed by atoms with Gasteiger partial charge in [-0.25, -0.2) is 4.79 Å². The number of ether oxygens (including phenoxy) is 1. The maximum Gasteiger partial charge on any atom is 0.312 e. The van der Waals surface area contributed by atoms with E-state index >= 15 is 0 Å². The highest BCUT2D eigenvalue weighted by Gasteiger charge is 2.20. The van der Waals surface area contributed by atoms with Gasteiger partial charge in [-0.1, -0.05) is 30.3 Å². The zero-order valence-electron chi connectivity index (χ0n) is 15.6. The van der Waals surface area contributed by atoms with Crippen molar-refractivity contribution in [1.29, 1.82) is 0 Å². The summed E-state index contributed by atoms with van der Waals surface area (Å²) in [4.78, 5) is 23.6. The number of amides is 3. The molecular weight excluding hydrogens is 344 g/mol. The number of urea groups is 1. The van der Waals surface area contributed by atoms with E-state index in [9.17, 15) is 9.59 Å². The van der Waals surface area contributed by atoms with E-state index in [2.05, 4.69) is 10.6 Å². The van der Waals surface area contributed by atoms with Crippen molar-refractivity contribution < 1.29 is 14.3 Å².